The molecular weight excluding hydrogens is 1270 g/mol. The molecule has 10 aliphatic rings. The summed E-state index contributed by atoms with van der Waals surface area (Å²) in [5.41, 5.74) is 14.6. The van der Waals surface area contributed by atoms with Crippen LogP contribution in [0.4, 0.5) is 10.0 Å². The van der Waals surface area contributed by atoms with Crippen molar-refractivity contribution in [3.8, 4) is 0 Å². The van der Waals surface area contributed by atoms with Crippen molar-refractivity contribution in [2.75, 3.05) is 30.5 Å². The van der Waals surface area contributed by atoms with E-state index in [0.717, 1.165) is 131 Å². The number of fused-ring (bicyclic) bond motifs is 7. The highest BCUT2D eigenvalue weighted by molar-refractivity contribution is 7.17. The van der Waals surface area contributed by atoms with E-state index in [-0.39, 0.29) is 60.4 Å². The summed E-state index contributed by atoms with van der Waals surface area (Å²) in [5.74, 6) is -0.202. The number of aryl methyl sites for hydroxylation is 3. The predicted molar refractivity (Wildman–Crippen MR) is 383 cm³/mol. The van der Waals surface area contributed by atoms with Gasteiger partial charge >= 0.3 is 17.9 Å². The van der Waals surface area contributed by atoms with Gasteiger partial charge in [-0.15, -0.1) is 22.7 Å². The molecule has 3 N–H and O–H groups in total. The molecule has 5 aromatic heterocycles. The van der Waals surface area contributed by atoms with Gasteiger partial charge in [0.1, 0.15) is 10.0 Å². The number of ether oxygens (including phenoxy) is 3. The number of amides is 3. The third-order valence-electron chi connectivity index (χ3n) is 23.5. The molecule has 0 radical (unpaired) electrons. The molecule has 5 heterocycles. The maximum Gasteiger partial charge on any atom is 0.341 e. The second-order valence-corrected chi connectivity index (χ2v) is 32.1. The average molecular weight is 1380 g/mol. The molecular formula is C78H109N9O9S2. The Morgan fingerprint density at radius 3 is 1.29 bits per heavy atom. The van der Waals surface area contributed by atoms with E-state index < -0.39 is 0 Å². The number of nitrogens with zero attached hydrogens (tertiary/aromatic N) is 6. The smallest absolute Gasteiger partial charge is 0.341 e. The SMILES string of the molecule is CCOC(=O)[C@H]1C2CCC(C2)[C@H]1NC(=O)CCc1nn(C2CCCCC2)c2c1CCCC2.CCOC(=O)c1c(NC(=O)Cc2nn(C3CCCCC3)c3c2CCCC3)sc2c1CCC2.CCOC(=O)c1c(NC(=O)Cc2nn(C3CCCCC3)c3c2CCCC3)sc2c1CCCCC2. The minimum Gasteiger partial charge on any atom is -0.466 e. The number of hydrogen-bond donors (Lipinski definition) is 3. The Balaban J connectivity index is 0.000000132. The number of anilines is 2. The molecule has 2 unspecified atom stereocenters. The van der Waals surface area contributed by atoms with Crippen molar-refractivity contribution < 1.29 is 43.0 Å². The monoisotopic (exact) mass is 1380 g/mol. The maximum atomic E-state index is 13.3. The van der Waals surface area contributed by atoms with Gasteiger partial charge in [-0.25, -0.2) is 9.59 Å². The molecule has 0 spiro atoms. The molecule has 5 aromatic rings. The summed E-state index contributed by atoms with van der Waals surface area (Å²) < 4.78 is 22.9. The summed E-state index contributed by atoms with van der Waals surface area (Å²) in [6, 6.07) is 1.48. The number of thiophene rings is 2. The van der Waals surface area contributed by atoms with Crippen molar-refractivity contribution in [3.63, 3.8) is 0 Å². The van der Waals surface area contributed by atoms with Gasteiger partial charge in [-0.3, -0.25) is 33.2 Å². The summed E-state index contributed by atoms with van der Waals surface area (Å²) in [4.78, 5) is 79.7. The van der Waals surface area contributed by atoms with Gasteiger partial charge in [-0.2, -0.15) is 15.3 Å². The maximum absolute atomic E-state index is 13.3. The number of rotatable bonds is 19. The van der Waals surface area contributed by atoms with E-state index in [4.69, 9.17) is 29.5 Å². The molecule has 10 aliphatic carbocycles. The topological polar surface area (TPSA) is 220 Å². The number of aromatic nitrogens is 6. The normalized spacial score (nSPS) is 22.1. The quantitative estimate of drug-likeness (QED) is 0.0399. The Hall–Kier alpha value is -6.15. The summed E-state index contributed by atoms with van der Waals surface area (Å²) in [7, 11) is 0. The van der Waals surface area contributed by atoms with Crippen LogP contribution in [0, 0.1) is 17.8 Å². The zero-order chi connectivity index (χ0) is 67.7. The lowest BCUT2D eigenvalue weighted by molar-refractivity contribution is -0.151. The minimum atomic E-state index is -0.318. The lowest BCUT2D eigenvalue weighted by Gasteiger charge is -2.30. The van der Waals surface area contributed by atoms with Crippen LogP contribution in [0.2, 0.25) is 0 Å². The highest BCUT2D eigenvalue weighted by Gasteiger charge is 2.52. The van der Waals surface area contributed by atoms with Crippen LogP contribution in [-0.4, -0.2) is 90.8 Å². The van der Waals surface area contributed by atoms with Crippen LogP contribution >= 0.6 is 22.7 Å². The average Bonchev–Trinajstić information content (AvgIpc) is 1.69. The van der Waals surface area contributed by atoms with Crippen molar-refractivity contribution in [3.05, 3.63) is 82.9 Å². The second-order valence-electron chi connectivity index (χ2n) is 29.9. The second kappa shape index (κ2) is 33.1. The van der Waals surface area contributed by atoms with Gasteiger partial charge in [0.2, 0.25) is 17.7 Å². The summed E-state index contributed by atoms with van der Waals surface area (Å²) in [6.07, 6.45) is 45.8. The van der Waals surface area contributed by atoms with Gasteiger partial charge in [0, 0.05) is 45.7 Å². The summed E-state index contributed by atoms with van der Waals surface area (Å²) in [5, 5.41) is 25.8. The fourth-order valence-corrected chi connectivity index (χ4v) is 21.4. The molecule has 4 atom stereocenters. The van der Waals surface area contributed by atoms with Crippen molar-refractivity contribution >= 4 is 68.3 Å². The van der Waals surface area contributed by atoms with Crippen LogP contribution in [-0.2, 0) is 117 Å². The standard InChI is InChI=1S/C27H37N3O3S.C26H39N3O3.C25H33N3O3S/c1-2-33-27(32)25-20-14-7-4-8-16-23(20)34-26(25)28-24(31)17-21-19-13-9-10-15-22(19)30(29-21)18-11-5-3-6-12-18;1-2-32-26(31)24-17-12-13-18(16-17)25(24)27-23(30)15-14-21-20-10-6-7-11-22(20)29(28-21)19-8-4-3-5-9-19;1-2-31-25(30)23-18-12-8-14-21(18)32-24(23)26-22(29)15-19-17-11-6-7-13-20(17)28(27-19)16-9-4-3-5-10-16/h18H,2-17H2,1H3,(H,28,31);17-19,24-25H,2-16H2,1H3,(H,27,30);16H,2-15H2,1H3,(H,26,29)/t;17?,18?,24-,25+;/m.0./s1. The molecule has 0 aromatic carbocycles. The third kappa shape index (κ3) is 15.8. The molecule has 5 fully saturated rings. The van der Waals surface area contributed by atoms with E-state index in [2.05, 4.69) is 30.0 Å². The molecule has 5 saturated carbocycles. The molecule has 532 valence electrons. The summed E-state index contributed by atoms with van der Waals surface area (Å²) in [6.45, 7) is 6.57. The van der Waals surface area contributed by atoms with Crippen LogP contribution in [0.15, 0.2) is 0 Å². The molecule has 2 bridgehead atoms. The van der Waals surface area contributed by atoms with Crippen LogP contribution in [0.3, 0.4) is 0 Å². The van der Waals surface area contributed by atoms with E-state index in [1.807, 2.05) is 20.8 Å². The molecule has 0 aliphatic heterocycles. The third-order valence-corrected chi connectivity index (χ3v) is 25.9. The fraction of sp³-hybridized carbons (Fsp3) is 0.705. The Morgan fingerprint density at radius 1 is 0.418 bits per heavy atom. The number of esters is 3. The molecule has 20 heteroatoms. The number of carbonyl (C=O) groups is 6. The van der Waals surface area contributed by atoms with Gasteiger partial charge in [0.15, 0.2) is 0 Å². The largest absolute Gasteiger partial charge is 0.466 e. The minimum absolute atomic E-state index is 0.0472. The molecule has 98 heavy (non-hydrogen) atoms. The first kappa shape index (κ1) is 70.3. The van der Waals surface area contributed by atoms with Crippen molar-refractivity contribution in [2.45, 2.75) is 315 Å². The van der Waals surface area contributed by atoms with E-state index in [1.54, 1.807) is 22.7 Å². The Bertz CT molecular complexity index is 3650. The summed E-state index contributed by atoms with van der Waals surface area (Å²) >= 11 is 3.11. The van der Waals surface area contributed by atoms with Gasteiger partial charge < -0.3 is 30.2 Å². The van der Waals surface area contributed by atoms with Crippen LogP contribution in [0.1, 0.15) is 318 Å². The first-order chi connectivity index (χ1) is 48.0. The number of nitrogens with one attached hydrogen (secondary N) is 3. The van der Waals surface area contributed by atoms with Crippen LogP contribution < -0.4 is 16.0 Å². The zero-order valence-electron chi connectivity index (χ0n) is 59.0. The molecule has 15 rings (SSSR count). The fourth-order valence-electron chi connectivity index (χ4n) is 18.9. The number of hydrogen-bond acceptors (Lipinski definition) is 14. The van der Waals surface area contributed by atoms with Crippen molar-refractivity contribution in [1.82, 2.24) is 34.7 Å². The molecule has 3 amide bonds. The van der Waals surface area contributed by atoms with Gasteiger partial charge in [0.25, 0.3) is 0 Å². The van der Waals surface area contributed by atoms with Gasteiger partial charge in [0.05, 0.1) is 84.9 Å². The lowest BCUT2D eigenvalue weighted by atomic mass is 9.84. The van der Waals surface area contributed by atoms with Crippen LogP contribution in [0.25, 0.3) is 0 Å². The molecule has 18 nitrogen and oxygen atoms in total. The first-order valence-corrected chi connectivity index (χ1v) is 40.6. The van der Waals surface area contributed by atoms with Gasteiger partial charge in [-0.05, 0) is 240 Å². The first-order valence-electron chi connectivity index (χ1n) is 38.9. The van der Waals surface area contributed by atoms with E-state index >= 15 is 0 Å². The highest BCUT2D eigenvalue weighted by Crippen LogP contribution is 2.50. The Labute approximate surface area is 588 Å². The lowest BCUT2D eigenvalue weighted by Crippen LogP contribution is -2.47. The molecule has 0 saturated heterocycles. The number of carbonyl (C=O) groups excluding carboxylic acids is 6. The van der Waals surface area contributed by atoms with E-state index in [1.165, 1.54) is 185 Å². The Kier molecular flexibility index (Phi) is 23.7. The van der Waals surface area contributed by atoms with E-state index in [9.17, 15) is 28.8 Å². The predicted octanol–water partition coefficient (Wildman–Crippen LogP) is 15.4. The zero-order valence-corrected chi connectivity index (χ0v) is 60.7. The van der Waals surface area contributed by atoms with Crippen LogP contribution in [0.5, 0.6) is 0 Å². The Morgan fingerprint density at radius 2 is 0.806 bits per heavy atom. The van der Waals surface area contributed by atoms with Crippen molar-refractivity contribution in [1.29, 1.82) is 0 Å². The highest BCUT2D eigenvalue weighted by atomic mass is 32.1. The van der Waals surface area contributed by atoms with Gasteiger partial charge in [-0.1, -0.05) is 64.2 Å². The van der Waals surface area contributed by atoms with E-state index in [0.29, 0.717) is 83.8 Å². The van der Waals surface area contributed by atoms with Crippen molar-refractivity contribution in [2.24, 2.45) is 17.8 Å².